The first kappa shape index (κ1) is 13.6. The summed E-state index contributed by atoms with van der Waals surface area (Å²) in [5.74, 6) is 0.976. The van der Waals surface area contributed by atoms with Gasteiger partial charge in [0.2, 0.25) is 5.91 Å². The molecule has 0 spiro atoms. The number of benzene rings is 1. The Labute approximate surface area is 103 Å². The smallest absolute Gasteiger partial charge is 0.220 e. The van der Waals surface area contributed by atoms with Gasteiger partial charge in [-0.05, 0) is 31.9 Å². The molecule has 0 heterocycles. The van der Waals surface area contributed by atoms with Crippen molar-refractivity contribution in [3.05, 3.63) is 29.8 Å². The first-order valence-corrected chi connectivity index (χ1v) is 6.18. The quantitative estimate of drug-likeness (QED) is 0.738. The molecule has 0 aromatic heterocycles. The molecule has 3 heteroatoms. The second kappa shape index (κ2) is 7.71. The van der Waals surface area contributed by atoms with Gasteiger partial charge in [-0.2, -0.15) is 0 Å². The fourth-order valence-corrected chi connectivity index (χ4v) is 1.41. The molecule has 1 N–H and O–H groups in total. The molecule has 94 valence electrons. The van der Waals surface area contributed by atoms with Crippen LogP contribution in [-0.4, -0.2) is 19.1 Å². The monoisotopic (exact) mass is 235 g/mol. The van der Waals surface area contributed by atoms with Gasteiger partial charge >= 0.3 is 0 Å². The number of hydrogen-bond donors (Lipinski definition) is 1. The predicted molar refractivity (Wildman–Crippen MR) is 69.2 cm³/mol. The van der Waals surface area contributed by atoms with E-state index in [1.165, 1.54) is 5.56 Å². The van der Waals surface area contributed by atoms with Gasteiger partial charge in [0.1, 0.15) is 5.75 Å². The van der Waals surface area contributed by atoms with E-state index < -0.39 is 0 Å². The zero-order valence-corrected chi connectivity index (χ0v) is 10.7. The molecule has 3 nitrogen and oxygen atoms in total. The molecule has 1 rings (SSSR count). The fourth-order valence-electron chi connectivity index (χ4n) is 1.41. The van der Waals surface area contributed by atoms with Gasteiger partial charge in [-0.25, -0.2) is 0 Å². The minimum absolute atomic E-state index is 0.111. The summed E-state index contributed by atoms with van der Waals surface area (Å²) in [6, 6.07) is 7.94. The number of rotatable bonds is 7. The number of nitrogens with one attached hydrogen (secondary N) is 1. The van der Waals surface area contributed by atoms with Crippen LogP contribution in [0.3, 0.4) is 0 Å². The molecule has 1 aromatic rings. The Hall–Kier alpha value is -1.51. The molecule has 0 atom stereocenters. The molecule has 0 bridgehead atoms. The lowest BCUT2D eigenvalue weighted by Crippen LogP contribution is -2.24. The van der Waals surface area contributed by atoms with Gasteiger partial charge in [0.15, 0.2) is 0 Å². The standard InChI is InChI=1S/C14H21NO2/c1-3-10-15-14(16)5-4-11-17-13-8-6-12(2)7-9-13/h6-9H,3-5,10-11H2,1-2H3,(H,15,16). The molecule has 0 unspecified atom stereocenters. The Morgan fingerprint density at radius 3 is 2.65 bits per heavy atom. The first-order chi connectivity index (χ1) is 8.22. The number of carbonyl (C=O) groups is 1. The van der Waals surface area contributed by atoms with Crippen LogP contribution >= 0.6 is 0 Å². The molecule has 0 aliphatic carbocycles. The highest BCUT2D eigenvalue weighted by molar-refractivity contribution is 5.75. The number of aryl methyl sites for hydroxylation is 1. The van der Waals surface area contributed by atoms with Crippen molar-refractivity contribution in [2.45, 2.75) is 33.1 Å². The normalized spacial score (nSPS) is 10.0. The average molecular weight is 235 g/mol. The number of hydrogen-bond acceptors (Lipinski definition) is 2. The van der Waals surface area contributed by atoms with E-state index in [4.69, 9.17) is 4.74 Å². The topological polar surface area (TPSA) is 38.3 Å². The third kappa shape index (κ3) is 5.95. The number of carbonyl (C=O) groups excluding carboxylic acids is 1. The molecular formula is C14H21NO2. The molecule has 0 radical (unpaired) electrons. The maximum Gasteiger partial charge on any atom is 0.220 e. The van der Waals surface area contributed by atoms with E-state index in [9.17, 15) is 4.79 Å². The molecule has 0 aliphatic heterocycles. The average Bonchev–Trinajstić information content (AvgIpc) is 2.34. The first-order valence-electron chi connectivity index (χ1n) is 6.18. The Morgan fingerprint density at radius 1 is 1.29 bits per heavy atom. The fraction of sp³-hybridized carbons (Fsp3) is 0.500. The van der Waals surface area contributed by atoms with Crippen molar-refractivity contribution in [3.8, 4) is 5.75 Å². The van der Waals surface area contributed by atoms with Crippen molar-refractivity contribution < 1.29 is 9.53 Å². The summed E-state index contributed by atoms with van der Waals surface area (Å²) in [7, 11) is 0. The summed E-state index contributed by atoms with van der Waals surface area (Å²) in [6.07, 6.45) is 2.26. The van der Waals surface area contributed by atoms with Crippen LogP contribution in [-0.2, 0) is 4.79 Å². The summed E-state index contributed by atoms with van der Waals surface area (Å²) < 4.78 is 5.54. The maximum absolute atomic E-state index is 11.3. The van der Waals surface area contributed by atoms with Crippen LogP contribution in [0.1, 0.15) is 31.7 Å². The van der Waals surface area contributed by atoms with Crippen LogP contribution in [0.2, 0.25) is 0 Å². The summed E-state index contributed by atoms with van der Waals surface area (Å²) in [5, 5.41) is 2.84. The largest absolute Gasteiger partial charge is 0.494 e. The van der Waals surface area contributed by atoms with E-state index in [0.717, 1.165) is 25.1 Å². The van der Waals surface area contributed by atoms with E-state index >= 15 is 0 Å². The lowest BCUT2D eigenvalue weighted by Gasteiger charge is -2.06. The van der Waals surface area contributed by atoms with Crippen LogP contribution in [0.5, 0.6) is 5.75 Å². The number of ether oxygens (including phenoxy) is 1. The third-order valence-corrected chi connectivity index (χ3v) is 2.41. The van der Waals surface area contributed by atoms with Gasteiger partial charge < -0.3 is 10.1 Å². The Kier molecular flexibility index (Phi) is 6.15. The summed E-state index contributed by atoms with van der Waals surface area (Å²) in [6.45, 7) is 5.43. The Morgan fingerprint density at radius 2 is 2.00 bits per heavy atom. The molecule has 0 saturated heterocycles. The highest BCUT2D eigenvalue weighted by Crippen LogP contribution is 2.11. The van der Waals surface area contributed by atoms with Crippen molar-refractivity contribution in [2.24, 2.45) is 0 Å². The molecular weight excluding hydrogens is 214 g/mol. The zero-order valence-electron chi connectivity index (χ0n) is 10.7. The maximum atomic E-state index is 11.3. The molecule has 1 amide bonds. The van der Waals surface area contributed by atoms with E-state index in [1.54, 1.807) is 0 Å². The lowest BCUT2D eigenvalue weighted by molar-refractivity contribution is -0.121. The summed E-state index contributed by atoms with van der Waals surface area (Å²) in [5.41, 5.74) is 1.22. The van der Waals surface area contributed by atoms with E-state index in [2.05, 4.69) is 5.32 Å². The van der Waals surface area contributed by atoms with Crippen LogP contribution < -0.4 is 10.1 Å². The Bertz CT molecular complexity index is 333. The summed E-state index contributed by atoms with van der Waals surface area (Å²) >= 11 is 0. The van der Waals surface area contributed by atoms with Crippen LogP contribution in [0.4, 0.5) is 0 Å². The van der Waals surface area contributed by atoms with Crippen LogP contribution in [0.15, 0.2) is 24.3 Å². The molecule has 1 aromatic carbocycles. The van der Waals surface area contributed by atoms with Crippen molar-refractivity contribution in [2.75, 3.05) is 13.2 Å². The van der Waals surface area contributed by atoms with Gasteiger partial charge in [-0.15, -0.1) is 0 Å². The predicted octanol–water partition coefficient (Wildman–Crippen LogP) is 2.68. The zero-order chi connectivity index (χ0) is 12.5. The van der Waals surface area contributed by atoms with E-state index in [0.29, 0.717) is 13.0 Å². The second-order valence-corrected chi connectivity index (χ2v) is 4.12. The van der Waals surface area contributed by atoms with Gasteiger partial charge in [0, 0.05) is 13.0 Å². The minimum Gasteiger partial charge on any atom is -0.494 e. The van der Waals surface area contributed by atoms with Gasteiger partial charge in [0.25, 0.3) is 0 Å². The van der Waals surface area contributed by atoms with Crippen molar-refractivity contribution in [3.63, 3.8) is 0 Å². The van der Waals surface area contributed by atoms with Crippen LogP contribution in [0, 0.1) is 6.92 Å². The highest BCUT2D eigenvalue weighted by Gasteiger charge is 2.00. The molecule has 17 heavy (non-hydrogen) atoms. The Balaban J connectivity index is 2.11. The lowest BCUT2D eigenvalue weighted by atomic mass is 10.2. The van der Waals surface area contributed by atoms with Crippen LogP contribution in [0.25, 0.3) is 0 Å². The highest BCUT2D eigenvalue weighted by atomic mass is 16.5. The SMILES string of the molecule is CCCNC(=O)CCCOc1ccc(C)cc1. The minimum atomic E-state index is 0.111. The number of amides is 1. The van der Waals surface area contributed by atoms with Gasteiger partial charge in [0.05, 0.1) is 6.61 Å². The summed E-state index contributed by atoms with van der Waals surface area (Å²) in [4.78, 5) is 11.3. The second-order valence-electron chi connectivity index (χ2n) is 4.12. The van der Waals surface area contributed by atoms with Crippen molar-refractivity contribution in [1.82, 2.24) is 5.32 Å². The van der Waals surface area contributed by atoms with Crippen molar-refractivity contribution in [1.29, 1.82) is 0 Å². The van der Waals surface area contributed by atoms with E-state index in [-0.39, 0.29) is 5.91 Å². The van der Waals surface area contributed by atoms with Gasteiger partial charge in [-0.3, -0.25) is 4.79 Å². The molecule has 0 fully saturated rings. The van der Waals surface area contributed by atoms with Crippen molar-refractivity contribution >= 4 is 5.91 Å². The molecule has 0 aliphatic rings. The van der Waals surface area contributed by atoms with E-state index in [1.807, 2.05) is 38.1 Å². The van der Waals surface area contributed by atoms with Gasteiger partial charge in [-0.1, -0.05) is 24.6 Å². The molecule has 0 saturated carbocycles. The third-order valence-electron chi connectivity index (χ3n) is 2.41.